The third kappa shape index (κ3) is 8.00. The Hall–Kier alpha value is -4.80. The van der Waals surface area contributed by atoms with Gasteiger partial charge in [0.25, 0.3) is 0 Å². The van der Waals surface area contributed by atoms with Crippen LogP contribution in [0.3, 0.4) is 0 Å². The lowest BCUT2D eigenvalue weighted by atomic mass is 10.0. The first kappa shape index (κ1) is 36.0. The van der Waals surface area contributed by atoms with Crippen LogP contribution >= 0.6 is 0 Å². The van der Waals surface area contributed by atoms with Gasteiger partial charge in [-0.15, -0.1) is 0 Å². The van der Waals surface area contributed by atoms with E-state index in [1.54, 1.807) is 0 Å². The molecule has 1 aromatic rings. The van der Waals surface area contributed by atoms with E-state index in [1.807, 2.05) is 0 Å². The maximum Gasteiger partial charge on any atom is 0.338 e. The number of urea groups is 3. The van der Waals surface area contributed by atoms with Gasteiger partial charge in [0.15, 0.2) is 0 Å². The molecule has 6 N–H and O–H groups in total. The molecule has 21 heteroatoms. The van der Waals surface area contributed by atoms with Gasteiger partial charge >= 0.3 is 36.0 Å². The molecule has 0 atom stereocenters. The van der Waals surface area contributed by atoms with Crippen LogP contribution in [0.25, 0.3) is 0 Å². The summed E-state index contributed by atoms with van der Waals surface area (Å²) in [6.45, 7) is -5.81. The summed E-state index contributed by atoms with van der Waals surface area (Å²) in [4.78, 5) is 82.2. The van der Waals surface area contributed by atoms with Crippen molar-refractivity contribution >= 4 is 36.0 Å². The lowest BCUT2D eigenvalue weighted by Crippen LogP contribution is -2.57. The quantitative estimate of drug-likeness (QED) is 0.0909. The average Bonchev–Trinajstić information content (AvgIpc) is 3.09. The Labute approximate surface area is 272 Å². The summed E-state index contributed by atoms with van der Waals surface area (Å²) < 4.78 is 16.5. The molecule has 6 amide bonds. The standard InChI is InChI=1S/C27H36N6O15/c34-10-28-4-19(5-29(11-35)25(28)43)46-22(40)16-1-17(23(41)47-20-6-30(12-36)26(44)31(7-20)13-37)3-18(2-16)24(42)48-21-8-32(14-38)27(45)33(9-21)15-39/h1-3,19-21,34-39H,4-15H2. The van der Waals surface area contributed by atoms with E-state index in [0.29, 0.717) is 0 Å². The normalized spacial score (nSPS) is 18.5. The van der Waals surface area contributed by atoms with Gasteiger partial charge in [-0.1, -0.05) is 0 Å². The number of amides is 6. The van der Waals surface area contributed by atoms with Crippen LogP contribution in [0.2, 0.25) is 0 Å². The molecule has 0 spiro atoms. The third-order valence-electron chi connectivity index (χ3n) is 7.65. The van der Waals surface area contributed by atoms with Crippen molar-refractivity contribution in [2.45, 2.75) is 18.3 Å². The van der Waals surface area contributed by atoms with Crippen LogP contribution in [-0.2, 0) is 14.2 Å². The second-order valence-corrected chi connectivity index (χ2v) is 10.9. The van der Waals surface area contributed by atoms with Crippen LogP contribution in [0.1, 0.15) is 31.1 Å². The van der Waals surface area contributed by atoms with Crippen molar-refractivity contribution in [1.82, 2.24) is 29.4 Å². The van der Waals surface area contributed by atoms with Crippen molar-refractivity contribution in [2.75, 3.05) is 79.7 Å². The Morgan fingerprint density at radius 2 is 0.646 bits per heavy atom. The van der Waals surface area contributed by atoms with Crippen LogP contribution in [0.4, 0.5) is 14.4 Å². The molecule has 264 valence electrons. The number of carbonyl (C=O) groups is 6. The molecule has 0 radical (unpaired) electrons. The van der Waals surface area contributed by atoms with Gasteiger partial charge in [0.2, 0.25) is 0 Å². The van der Waals surface area contributed by atoms with Gasteiger partial charge in [0.1, 0.15) is 58.7 Å². The Bertz CT molecular complexity index is 1170. The number of carbonyl (C=O) groups excluding carboxylic acids is 6. The Balaban J connectivity index is 1.60. The van der Waals surface area contributed by atoms with Crippen LogP contribution in [0.5, 0.6) is 0 Å². The highest BCUT2D eigenvalue weighted by atomic mass is 16.6. The number of rotatable bonds is 12. The van der Waals surface area contributed by atoms with Gasteiger partial charge in [0.05, 0.1) is 56.0 Å². The molecule has 0 unspecified atom stereocenters. The number of hydrogen-bond acceptors (Lipinski definition) is 15. The first-order valence-electron chi connectivity index (χ1n) is 14.5. The molecule has 21 nitrogen and oxygen atoms in total. The molecular formula is C27H36N6O15. The molecule has 0 aromatic heterocycles. The second kappa shape index (κ2) is 15.9. The SMILES string of the molecule is O=C(OC1CN(CO)C(=O)N(CO)C1)c1cc(C(=O)OC2CN(CO)C(=O)N(CO)C2)cc(C(=O)OC2CN(CO)C(=O)N(CO)C2)c1. The fraction of sp³-hybridized carbons (Fsp3) is 0.556. The van der Waals surface area contributed by atoms with Crippen molar-refractivity contribution in [3.8, 4) is 0 Å². The summed E-state index contributed by atoms with van der Waals surface area (Å²) >= 11 is 0. The van der Waals surface area contributed by atoms with E-state index in [1.165, 1.54) is 0 Å². The Morgan fingerprint density at radius 1 is 0.458 bits per heavy atom. The summed E-state index contributed by atoms with van der Waals surface area (Å²) in [5, 5.41) is 57.1. The average molecular weight is 685 g/mol. The van der Waals surface area contributed by atoms with Crippen LogP contribution < -0.4 is 0 Å². The second-order valence-electron chi connectivity index (χ2n) is 10.9. The van der Waals surface area contributed by atoms with Crippen LogP contribution in [-0.4, -0.2) is 194 Å². The maximum absolute atomic E-state index is 13.3. The van der Waals surface area contributed by atoms with E-state index in [-0.39, 0.29) is 56.0 Å². The van der Waals surface area contributed by atoms with Crippen molar-refractivity contribution in [1.29, 1.82) is 0 Å². The van der Waals surface area contributed by atoms with Gasteiger partial charge in [-0.3, -0.25) is 29.4 Å². The topological polar surface area (TPSA) is 271 Å². The third-order valence-corrected chi connectivity index (χ3v) is 7.65. The number of esters is 3. The van der Waals surface area contributed by atoms with Crippen LogP contribution in [0.15, 0.2) is 18.2 Å². The highest BCUT2D eigenvalue weighted by Gasteiger charge is 2.37. The fourth-order valence-electron chi connectivity index (χ4n) is 5.29. The number of aliphatic hydroxyl groups is 6. The molecule has 3 aliphatic rings. The van der Waals surface area contributed by atoms with Gasteiger partial charge < -0.3 is 44.8 Å². The summed E-state index contributed by atoms with van der Waals surface area (Å²) in [5.41, 5.74) is -1.04. The van der Waals surface area contributed by atoms with Crippen molar-refractivity contribution < 1.29 is 73.6 Å². The van der Waals surface area contributed by atoms with Crippen LogP contribution in [0, 0.1) is 0 Å². The molecule has 0 bridgehead atoms. The number of nitrogens with zero attached hydrogens (tertiary/aromatic N) is 6. The number of aliphatic hydroxyl groups excluding tert-OH is 6. The van der Waals surface area contributed by atoms with E-state index in [4.69, 9.17) is 14.2 Å². The summed E-state index contributed by atoms with van der Waals surface area (Å²) in [5.74, 6) is -3.22. The molecule has 4 rings (SSSR count). The van der Waals surface area contributed by atoms with Crippen molar-refractivity contribution in [3.05, 3.63) is 34.9 Å². The minimum Gasteiger partial charge on any atom is -0.455 e. The minimum absolute atomic E-state index is 0.236. The van der Waals surface area contributed by atoms with Crippen molar-refractivity contribution in [2.24, 2.45) is 0 Å². The minimum atomic E-state index is -1.07. The smallest absolute Gasteiger partial charge is 0.338 e. The molecule has 3 fully saturated rings. The van der Waals surface area contributed by atoms with Gasteiger partial charge in [-0.05, 0) is 18.2 Å². The summed E-state index contributed by atoms with van der Waals surface area (Å²) in [7, 11) is 0. The first-order chi connectivity index (χ1) is 23.0. The van der Waals surface area contributed by atoms with Gasteiger partial charge in [-0.25, -0.2) is 28.8 Å². The van der Waals surface area contributed by atoms with E-state index in [0.717, 1.165) is 47.6 Å². The summed E-state index contributed by atoms with van der Waals surface area (Å²) in [6, 6.07) is 1.04. The predicted molar refractivity (Wildman–Crippen MR) is 153 cm³/mol. The molecule has 3 saturated heterocycles. The maximum atomic E-state index is 13.3. The molecule has 1 aromatic carbocycles. The Morgan fingerprint density at radius 3 is 0.812 bits per heavy atom. The zero-order chi connectivity index (χ0) is 35.1. The lowest BCUT2D eigenvalue weighted by molar-refractivity contribution is -0.0297. The molecule has 3 heterocycles. The molecule has 0 aliphatic carbocycles. The highest BCUT2D eigenvalue weighted by molar-refractivity contribution is 6.00. The lowest BCUT2D eigenvalue weighted by Gasteiger charge is -2.37. The van der Waals surface area contributed by atoms with Gasteiger partial charge in [0, 0.05) is 0 Å². The van der Waals surface area contributed by atoms with Crippen molar-refractivity contribution in [3.63, 3.8) is 0 Å². The number of ether oxygens (including phenoxy) is 3. The zero-order valence-corrected chi connectivity index (χ0v) is 25.5. The highest BCUT2D eigenvalue weighted by Crippen LogP contribution is 2.21. The molecule has 0 saturated carbocycles. The van der Waals surface area contributed by atoms with E-state index < -0.39 is 94.7 Å². The molecule has 3 aliphatic heterocycles. The first-order valence-corrected chi connectivity index (χ1v) is 14.5. The van der Waals surface area contributed by atoms with E-state index in [9.17, 15) is 59.4 Å². The molecular weight excluding hydrogens is 648 g/mol. The predicted octanol–water partition coefficient (Wildman–Crippen LogP) is -3.83. The number of benzene rings is 1. The largest absolute Gasteiger partial charge is 0.455 e. The fourth-order valence-corrected chi connectivity index (χ4v) is 5.29. The monoisotopic (exact) mass is 684 g/mol. The van der Waals surface area contributed by atoms with Gasteiger partial charge in [-0.2, -0.15) is 0 Å². The Kier molecular flexibility index (Phi) is 11.9. The molecule has 48 heavy (non-hydrogen) atoms. The summed E-state index contributed by atoms with van der Waals surface area (Å²) in [6.07, 6.45) is -3.16. The van der Waals surface area contributed by atoms with E-state index >= 15 is 0 Å². The zero-order valence-electron chi connectivity index (χ0n) is 25.5. The number of hydrogen-bond donors (Lipinski definition) is 6. The van der Waals surface area contributed by atoms with E-state index in [2.05, 4.69) is 0 Å².